The second-order valence-electron chi connectivity index (χ2n) is 6.65. The molecule has 142 valence electrons. The van der Waals surface area contributed by atoms with E-state index < -0.39 is 11.8 Å². The van der Waals surface area contributed by atoms with Crippen molar-refractivity contribution >= 4 is 22.6 Å². The number of aryl methyl sites for hydroxylation is 1. The van der Waals surface area contributed by atoms with Gasteiger partial charge in [0, 0.05) is 18.0 Å². The van der Waals surface area contributed by atoms with Crippen molar-refractivity contribution in [3.8, 4) is 17.3 Å². The normalized spacial score (nSPS) is 10.6. The summed E-state index contributed by atoms with van der Waals surface area (Å²) in [4.78, 5) is 17.3. The molecule has 1 N–H and O–H groups in total. The molecule has 0 spiro atoms. The zero-order chi connectivity index (χ0) is 20.3. The van der Waals surface area contributed by atoms with Crippen LogP contribution >= 0.6 is 0 Å². The van der Waals surface area contributed by atoms with Crippen molar-refractivity contribution in [2.24, 2.45) is 0 Å². The van der Waals surface area contributed by atoms with Crippen molar-refractivity contribution < 1.29 is 14.3 Å². The van der Waals surface area contributed by atoms with Gasteiger partial charge in [0.15, 0.2) is 0 Å². The molecule has 3 rings (SSSR count). The van der Waals surface area contributed by atoms with Gasteiger partial charge in [0.25, 0.3) is 0 Å². The molecule has 0 aliphatic carbocycles. The Bertz CT molecular complexity index is 1070. The number of halogens is 1. The van der Waals surface area contributed by atoms with Crippen LogP contribution in [0.25, 0.3) is 22.2 Å². The van der Waals surface area contributed by atoms with Gasteiger partial charge in [0.2, 0.25) is 0 Å². The van der Waals surface area contributed by atoms with E-state index in [0.717, 1.165) is 18.4 Å². The summed E-state index contributed by atoms with van der Waals surface area (Å²) >= 11 is 0. The molecule has 0 radical (unpaired) electrons. The van der Waals surface area contributed by atoms with Crippen LogP contribution in [0.15, 0.2) is 42.5 Å². The van der Waals surface area contributed by atoms with Gasteiger partial charge >= 0.3 is 5.97 Å². The van der Waals surface area contributed by atoms with Crippen molar-refractivity contribution in [2.75, 3.05) is 18.5 Å². The van der Waals surface area contributed by atoms with Gasteiger partial charge in [0.05, 0.1) is 16.9 Å². The number of aliphatic carboxylic acids is 1. The molecule has 28 heavy (non-hydrogen) atoms. The number of benzene rings is 2. The van der Waals surface area contributed by atoms with Gasteiger partial charge in [-0.1, -0.05) is 37.6 Å². The number of hydrogen-bond acceptors (Lipinski definition) is 4. The summed E-state index contributed by atoms with van der Waals surface area (Å²) in [7, 11) is 1.57. The second-order valence-corrected chi connectivity index (χ2v) is 6.65. The van der Waals surface area contributed by atoms with Crippen molar-refractivity contribution in [3.05, 3.63) is 59.4 Å². The van der Waals surface area contributed by atoms with Crippen LogP contribution in [-0.4, -0.2) is 29.7 Å². The molecule has 0 saturated heterocycles. The van der Waals surface area contributed by atoms with Gasteiger partial charge in [-0.05, 0) is 30.2 Å². The highest BCUT2D eigenvalue weighted by molar-refractivity contribution is 5.99. The number of fused-ring (bicyclic) bond motifs is 1. The first-order chi connectivity index (χ1) is 13.4. The number of rotatable bonds is 6. The highest BCUT2D eigenvalue weighted by Gasteiger charge is 2.21. The number of nitriles is 1. The van der Waals surface area contributed by atoms with Crippen molar-refractivity contribution in [2.45, 2.75) is 19.8 Å². The number of pyridine rings is 1. The Labute approximate surface area is 162 Å². The molecule has 0 aliphatic rings. The number of nitrogens with zero attached hydrogens (tertiary/aromatic N) is 3. The SMILES string of the molecule is CCCc1ccc(-c2nc3ccc(F)cc3c(N(C)CC(=O)O)c2C#N)cc1. The Morgan fingerprint density at radius 3 is 2.57 bits per heavy atom. The smallest absolute Gasteiger partial charge is 0.323 e. The maximum absolute atomic E-state index is 13.9. The fourth-order valence-corrected chi connectivity index (χ4v) is 3.33. The number of carbonyl (C=O) groups is 1. The van der Waals surface area contributed by atoms with Gasteiger partial charge in [-0.2, -0.15) is 5.26 Å². The molecule has 0 bridgehead atoms. The molecule has 0 saturated carbocycles. The maximum Gasteiger partial charge on any atom is 0.323 e. The fraction of sp³-hybridized carbons (Fsp3) is 0.227. The Morgan fingerprint density at radius 2 is 1.96 bits per heavy atom. The van der Waals surface area contributed by atoms with Crippen LogP contribution in [0.2, 0.25) is 0 Å². The van der Waals surface area contributed by atoms with E-state index in [1.807, 2.05) is 24.3 Å². The maximum atomic E-state index is 13.9. The van der Waals surface area contributed by atoms with Gasteiger partial charge in [-0.15, -0.1) is 0 Å². The number of anilines is 1. The van der Waals surface area contributed by atoms with Gasteiger partial charge in [-0.3, -0.25) is 4.79 Å². The van der Waals surface area contributed by atoms with E-state index >= 15 is 0 Å². The topological polar surface area (TPSA) is 77.2 Å². The fourth-order valence-electron chi connectivity index (χ4n) is 3.33. The molecule has 0 fully saturated rings. The van der Waals surface area contributed by atoms with Crippen molar-refractivity contribution in [1.29, 1.82) is 5.26 Å². The first kappa shape index (κ1) is 19.3. The monoisotopic (exact) mass is 377 g/mol. The summed E-state index contributed by atoms with van der Waals surface area (Å²) < 4.78 is 13.9. The van der Waals surface area contributed by atoms with Crippen LogP contribution in [0.3, 0.4) is 0 Å². The number of aromatic nitrogens is 1. The standard InChI is InChI=1S/C22H20FN3O2/c1-3-4-14-5-7-15(8-6-14)21-18(12-24)22(26(2)13-20(27)28)17-11-16(23)9-10-19(17)25-21/h5-11H,3-4,13H2,1-2H3,(H,27,28). The predicted molar refractivity (Wildman–Crippen MR) is 107 cm³/mol. The van der Waals surface area contributed by atoms with Crippen LogP contribution < -0.4 is 4.90 Å². The lowest BCUT2D eigenvalue weighted by Crippen LogP contribution is -2.26. The second kappa shape index (κ2) is 8.05. The first-order valence-corrected chi connectivity index (χ1v) is 9.00. The number of likely N-dealkylation sites (N-methyl/N-ethyl adjacent to an activating group) is 1. The predicted octanol–water partition coefficient (Wildman–Crippen LogP) is 4.39. The minimum atomic E-state index is -1.04. The van der Waals surface area contributed by atoms with Crippen molar-refractivity contribution in [3.63, 3.8) is 0 Å². The van der Waals surface area contributed by atoms with E-state index in [2.05, 4.69) is 18.0 Å². The highest BCUT2D eigenvalue weighted by atomic mass is 19.1. The third kappa shape index (κ3) is 3.79. The third-order valence-corrected chi connectivity index (χ3v) is 4.55. The molecule has 6 heteroatoms. The molecular formula is C22H20FN3O2. The van der Waals surface area contributed by atoms with E-state index in [4.69, 9.17) is 0 Å². The average Bonchev–Trinajstić information content (AvgIpc) is 2.66. The van der Waals surface area contributed by atoms with Crippen LogP contribution in [0.1, 0.15) is 24.5 Å². The highest BCUT2D eigenvalue weighted by Crippen LogP contribution is 2.36. The van der Waals surface area contributed by atoms with Crippen LogP contribution in [0.5, 0.6) is 0 Å². The van der Waals surface area contributed by atoms with Crippen LogP contribution in [0, 0.1) is 17.1 Å². The first-order valence-electron chi connectivity index (χ1n) is 9.00. The van der Waals surface area contributed by atoms with E-state index in [9.17, 15) is 19.6 Å². The third-order valence-electron chi connectivity index (χ3n) is 4.55. The summed E-state index contributed by atoms with van der Waals surface area (Å²) in [5.74, 6) is -1.52. The molecule has 0 unspecified atom stereocenters. The molecule has 1 aromatic heterocycles. The van der Waals surface area contributed by atoms with E-state index in [1.54, 1.807) is 13.1 Å². The quantitative estimate of drug-likeness (QED) is 0.689. The van der Waals surface area contributed by atoms with Gasteiger partial charge in [-0.25, -0.2) is 9.37 Å². The number of hydrogen-bond donors (Lipinski definition) is 1. The molecule has 3 aromatic rings. The Balaban J connectivity index is 2.27. The molecule has 2 aromatic carbocycles. The largest absolute Gasteiger partial charge is 0.480 e. The average molecular weight is 377 g/mol. The Morgan fingerprint density at radius 1 is 1.25 bits per heavy atom. The van der Waals surface area contributed by atoms with E-state index in [-0.39, 0.29) is 12.1 Å². The Hall–Kier alpha value is -3.46. The lowest BCUT2D eigenvalue weighted by atomic mass is 9.99. The van der Waals surface area contributed by atoms with E-state index in [1.165, 1.54) is 22.6 Å². The summed E-state index contributed by atoms with van der Waals surface area (Å²) in [6.45, 7) is 1.79. The zero-order valence-corrected chi connectivity index (χ0v) is 15.7. The lowest BCUT2D eigenvalue weighted by Gasteiger charge is -2.22. The minimum absolute atomic E-state index is 0.227. The minimum Gasteiger partial charge on any atom is -0.480 e. The summed E-state index contributed by atoms with van der Waals surface area (Å²) in [5, 5.41) is 19.5. The zero-order valence-electron chi connectivity index (χ0n) is 15.7. The molecule has 0 amide bonds. The van der Waals surface area contributed by atoms with Crippen LogP contribution in [0.4, 0.5) is 10.1 Å². The lowest BCUT2D eigenvalue weighted by molar-refractivity contribution is -0.135. The van der Waals surface area contributed by atoms with Gasteiger partial charge < -0.3 is 10.0 Å². The molecular weight excluding hydrogens is 357 g/mol. The molecule has 5 nitrogen and oxygen atoms in total. The number of carboxylic acid groups (broad SMARTS) is 1. The van der Waals surface area contributed by atoms with E-state index in [0.29, 0.717) is 22.3 Å². The summed E-state index contributed by atoms with van der Waals surface area (Å²) in [6, 6.07) is 14.1. The molecule has 0 aliphatic heterocycles. The van der Waals surface area contributed by atoms with Gasteiger partial charge in [0.1, 0.15) is 24.0 Å². The molecule has 0 atom stereocenters. The van der Waals surface area contributed by atoms with Crippen LogP contribution in [-0.2, 0) is 11.2 Å². The summed E-state index contributed by atoms with van der Waals surface area (Å²) in [6.07, 6.45) is 2.00. The Kier molecular flexibility index (Phi) is 5.55. The molecule has 1 heterocycles. The summed E-state index contributed by atoms with van der Waals surface area (Å²) in [5.41, 5.74) is 3.49. The number of carboxylic acids is 1. The van der Waals surface area contributed by atoms with Crippen molar-refractivity contribution in [1.82, 2.24) is 4.98 Å².